The number of urea groups is 1. The van der Waals surface area contributed by atoms with Crippen molar-refractivity contribution in [3.63, 3.8) is 0 Å². The Morgan fingerprint density at radius 2 is 1.52 bits per heavy atom. The van der Waals surface area contributed by atoms with Crippen molar-refractivity contribution in [3.8, 4) is 5.75 Å². The molecule has 0 aliphatic rings. The summed E-state index contributed by atoms with van der Waals surface area (Å²) >= 11 is 0. The SMILES string of the molecule is NC(=O)N(C(=O)c1c(F)cccc1F)c1ccc(O)cc1. The quantitative estimate of drug-likeness (QED) is 0.891. The lowest BCUT2D eigenvalue weighted by Crippen LogP contribution is -2.41. The van der Waals surface area contributed by atoms with Gasteiger partial charge in [-0.05, 0) is 36.4 Å². The molecule has 3 amide bonds. The molecule has 3 N–H and O–H groups in total. The van der Waals surface area contributed by atoms with E-state index in [1.807, 2.05) is 0 Å². The standard InChI is InChI=1S/C14H10F2N2O3/c15-10-2-1-3-11(16)12(10)13(20)18(14(17)21)8-4-6-9(19)7-5-8/h1-7,19H,(H2,17,21). The fourth-order valence-corrected chi connectivity index (χ4v) is 1.76. The van der Waals surface area contributed by atoms with Gasteiger partial charge in [0.05, 0.1) is 5.69 Å². The number of carbonyl (C=O) groups is 2. The Bertz CT molecular complexity index is 682. The second kappa shape index (κ2) is 5.58. The van der Waals surface area contributed by atoms with Crippen molar-refractivity contribution in [2.75, 3.05) is 4.90 Å². The molecule has 0 spiro atoms. The Hall–Kier alpha value is -2.96. The van der Waals surface area contributed by atoms with Crippen molar-refractivity contribution in [2.24, 2.45) is 5.73 Å². The van der Waals surface area contributed by atoms with Gasteiger partial charge in [-0.1, -0.05) is 6.07 Å². The highest BCUT2D eigenvalue weighted by atomic mass is 19.1. The Morgan fingerprint density at radius 1 is 1.00 bits per heavy atom. The lowest BCUT2D eigenvalue weighted by atomic mass is 10.1. The van der Waals surface area contributed by atoms with Gasteiger partial charge in [0.1, 0.15) is 22.9 Å². The normalized spacial score (nSPS) is 10.2. The Labute approximate surface area is 118 Å². The molecule has 0 heterocycles. The summed E-state index contributed by atoms with van der Waals surface area (Å²) in [6.45, 7) is 0. The lowest BCUT2D eigenvalue weighted by Gasteiger charge is -2.19. The van der Waals surface area contributed by atoms with E-state index >= 15 is 0 Å². The van der Waals surface area contributed by atoms with Crippen LogP contribution in [0.15, 0.2) is 42.5 Å². The van der Waals surface area contributed by atoms with Gasteiger partial charge in [0.2, 0.25) is 0 Å². The van der Waals surface area contributed by atoms with Crippen LogP contribution >= 0.6 is 0 Å². The fraction of sp³-hybridized carbons (Fsp3) is 0. The molecule has 108 valence electrons. The summed E-state index contributed by atoms with van der Waals surface area (Å²) in [6.07, 6.45) is 0. The number of aromatic hydroxyl groups is 1. The summed E-state index contributed by atoms with van der Waals surface area (Å²) in [5.41, 5.74) is 4.20. The van der Waals surface area contributed by atoms with E-state index in [1.54, 1.807) is 0 Å². The number of nitrogens with zero attached hydrogens (tertiary/aromatic N) is 1. The van der Waals surface area contributed by atoms with Crippen LogP contribution in [-0.2, 0) is 0 Å². The number of amides is 3. The van der Waals surface area contributed by atoms with Gasteiger partial charge in [-0.3, -0.25) is 4.79 Å². The van der Waals surface area contributed by atoms with E-state index in [-0.39, 0.29) is 11.4 Å². The van der Waals surface area contributed by atoms with Gasteiger partial charge >= 0.3 is 6.03 Å². The van der Waals surface area contributed by atoms with Crippen molar-refractivity contribution in [1.82, 2.24) is 0 Å². The number of hydrogen-bond donors (Lipinski definition) is 2. The first kappa shape index (κ1) is 14.4. The monoisotopic (exact) mass is 292 g/mol. The summed E-state index contributed by atoms with van der Waals surface area (Å²) in [5.74, 6) is -3.55. The molecule has 0 saturated heterocycles. The first-order valence-electron chi connectivity index (χ1n) is 5.78. The van der Waals surface area contributed by atoms with Crippen LogP contribution in [0.2, 0.25) is 0 Å². The van der Waals surface area contributed by atoms with Crippen molar-refractivity contribution in [3.05, 3.63) is 59.7 Å². The van der Waals surface area contributed by atoms with Gasteiger partial charge in [0.15, 0.2) is 0 Å². The molecule has 2 aromatic carbocycles. The molecule has 21 heavy (non-hydrogen) atoms. The van der Waals surface area contributed by atoms with Gasteiger partial charge in [0.25, 0.3) is 5.91 Å². The molecule has 0 aliphatic carbocycles. The maximum Gasteiger partial charge on any atom is 0.326 e. The third kappa shape index (κ3) is 2.81. The predicted octanol–water partition coefficient (Wildman–Crippen LogP) is 2.40. The molecule has 0 aliphatic heterocycles. The summed E-state index contributed by atoms with van der Waals surface area (Å²) in [7, 11) is 0. The number of rotatable bonds is 2. The number of primary amides is 1. The zero-order chi connectivity index (χ0) is 15.6. The molecule has 0 fully saturated rings. The predicted molar refractivity (Wildman–Crippen MR) is 70.9 cm³/mol. The van der Waals surface area contributed by atoms with Gasteiger partial charge in [-0.2, -0.15) is 0 Å². The fourth-order valence-electron chi connectivity index (χ4n) is 1.76. The second-order valence-corrected chi connectivity index (χ2v) is 4.09. The third-order valence-electron chi connectivity index (χ3n) is 2.71. The van der Waals surface area contributed by atoms with Crippen LogP contribution in [0.1, 0.15) is 10.4 Å². The average Bonchev–Trinajstić information content (AvgIpc) is 2.40. The summed E-state index contributed by atoms with van der Waals surface area (Å²) in [6, 6.07) is 6.53. The molecular weight excluding hydrogens is 282 g/mol. The molecule has 0 unspecified atom stereocenters. The number of imide groups is 1. The van der Waals surface area contributed by atoms with Gasteiger partial charge < -0.3 is 10.8 Å². The van der Waals surface area contributed by atoms with Crippen molar-refractivity contribution in [2.45, 2.75) is 0 Å². The highest BCUT2D eigenvalue weighted by Gasteiger charge is 2.27. The minimum Gasteiger partial charge on any atom is -0.508 e. The van der Waals surface area contributed by atoms with Crippen LogP contribution in [0.5, 0.6) is 5.75 Å². The second-order valence-electron chi connectivity index (χ2n) is 4.09. The molecule has 2 aromatic rings. The molecule has 2 rings (SSSR count). The number of phenolic OH excluding ortho intramolecular Hbond substituents is 1. The largest absolute Gasteiger partial charge is 0.508 e. The Kier molecular flexibility index (Phi) is 3.84. The number of nitrogens with two attached hydrogens (primary N) is 1. The van der Waals surface area contributed by atoms with Crippen LogP contribution in [-0.4, -0.2) is 17.0 Å². The summed E-state index contributed by atoms with van der Waals surface area (Å²) < 4.78 is 27.2. The van der Waals surface area contributed by atoms with Crippen LogP contribution in [0.4, 0.5) is 19.3 Å². The third-order valence-corrected chi connectivity index (χ3v) is 2.71. The summed E-state index contributed by atoms with van der Waals surface area (Å²) in [5, 5.41) is 9.18. The molecule has 0 atom stereocenters. The van der Waals surface area contributed by atoms with Gasteiger partial charge in [-0.15, -0.1) is 0 Å². The number of carbonyl (C=O) groups excluding carboxylic acids is 2. The number of halogens is 2. The van der Waals surface area contributed by atoms with Crippen molar-refractivity contribution in [1.29, 1.82) is 0 Å². The maximum absolute atomic E-state index is 13.6. The Morgan fingerprint density at radius 3 is 2.00 bits per heavy atom. The molecular formula is C14H10F2N2O3. The van der Waals surface area contributed by atoms with Crippen molar-refractivity contribution < 1.29 is 23.5 Å². The molecule has 7 heteroatoms. The van der Waals surface area contributed by atoms with Crippen LogP contribution < -0.4 is 10.6 Å². The van der Waals surface area contributed by atoms with E-state index < -0.39 is 29.1 Å². The van der Waals surface area contributed by atoms with Gasteiger partial charge in [0, 0.05) is 0 Å². The van der Waals surface area contributed by atoms with Crippen LogP contribution in [0.3, 0.4) is 0 Å². The van der Waals surface area contributed by atoms with Crippen LogP contribution in [0, 0.1) is 11.6 Å². The number of anilines is 1. The molecule has 5 nitrogen and oxygen atoms in total. The summed E-state index contributed by atoms with van der Waals surface area (Å²) in [4.78, 5) is 24.1. The maximum atomic E-state index is 13.6. The first-order valence-corrected chi connectivity index (χ1v) is 5.78. The minimum atomic E-state index is -1.23. The van der Waals surface area contributed by atoms with Crippen LogP contribution in [0.25, 0.3) is 0 Å². The number of hydrogen-bond acceptors (Lipinski definition) is 3. The number of phenols is 1. The molecule has 0 aromatic heterocycles. The Balaban J connectivity index is 2.51. The van der Waals surface area contributed by atoms with E-state index in [0.29, 0.717) is 4.90 Å². The van der Waals surface area contributed by atoms with E-state index in [0.717, 1.165) is 18.2 Å². The molecule has 0 radical (unpaired) electrons. The van der Waals surface area contributed by atoms with Gasteiger partial charge in [-0.25, -0.2) is 18.5 Å². The highest BCUT2D eigenvalue weighted by molar-refractivity contribution is 6.20. The zero-order valence-corrected chi connectivity index (χ0v) is 10.6. The molecule has 0 saturated carbocycles. The van der Waals surface area contributed by atoms with E-state index in [2.05, 4.69) is 0 Å². The lowest BCUT2D eigenvalue weighted by molar-refractivity contribution is 0.0987. The highest BCUT2D eigenvalue weighted by Crippen LogP contribution is 2.22. The van der Waals surface area contributed by atoms with Crippen molar-refractivity contribution >= 4 is 17.6 Å². The van der Waals surface area contributed by atoms with E-state index in [1.165, 1.54) is 24.3 Å². The van der Waals surface area contributed by atoms with E-state index in [4.69, 9.17) is 5.73 Å². The van der Waals surface area contributed by atoms with E-state index in [9.17, 15) is 23.5 Å². The zero-order valence-electron chi connectivity index (χ0n) is 10.6. The molecule has 0 bridgehead atoms. The minimum absolute atomic E-state index is 0.0204. The number of benzene rings is 2. The first-order chi connectivity index (χ1) is 9.91. The topological polar surface area (TPSA) is 83.6 Å². The average molecular weight is 292 g/mol. The smallest absolute Gasteiger partial charge is 0.326 e.